The molecule has 0 radical (unpaired) electrons. The molecule has 7 heteroatoms. The Morgan fingerprint density at radius 2 is 1.95 bits per heavy atom. The van der Waals surface area contributed by atoms with Gasteiger partial charge in [0.2, 0.25) is 17.6 Å². The summed E-state index contributed by atoms with van der Waals surface area (Å²) in [5.41, 5.74) is 0.865. The van der Waals surface area contributed by atoms with E-state index in [0.717, 1.165) is 5.56 Å². The van der Waals surface area contributed by atoms with Gasteiger partial charge in [-0.25, -0.2) is 0 Å². The summed E-state index contributed by atoms with van der Waals surface area (Å²) in [6.45, 7) is 0.362. The summed E-state index contributed by atoms with van der Waals surface area (Å²) in [5.74, 6) is -0.402. The van der Waals surface area contributed by atoms with E-state index in [2.05, 4.69) is 15.5 Å². The summed E-state index contributed by atoms with van der Waals surface area (Å²) < 4.78 is 5.12. The smallest absolute Gasteiger partial charge is 0.228 e. The molecule has 1 amide bonds. The Balaban J connectivity index is 1.73. The molecule has 0 saturated heterocycles. The fourth-order valence-electron chi connectivity index (χ4n) is 1.85. The number of carbonyl (C=O) groups excluding carboxylic acids is 2. The molecular weight excluding hydrogens is 286 g/mol. The minimum Gasteiger partial charge on any atom is -0.550 e. The predicted octanol–water partition coefficient (Wildman–Crippen LogP) is 0.315. The first-order chi connectivity index (χ1) is 10.6. The Morgan fingerprint density at radius 3 is 2.68 bits per heavy atom. The van der Waals surface area contributed by atoms with Gasteiger partial charge in [0.1, 0.15) is 0 Å². The van der Waals surface area contributed by atoms with E-state index >= 15 is 0 Å². The molecule has 22 heavy (non-hydrogen) atoms. The van der Waals surface area contributed by atoms with Crippen molar-refractivity contribution in [3.8, 4) is 11.4 Å². The molecule has 0 atom stereocenters. The van der Waals surface area contributed by atoms with Crippen LogP contribution in [0.1, 0.15) is 25.2 Å². The van der Waals surface area contributed by atoms with E-state index in [-0.39, 0.29) is 25.2 Å². The van der Waals surface area contributed by atoms with Crippen LogP contribution in [0.2, 0.25) is 0 Å². The van der Waals surface area contributed by atoms with Gasteiger partial charge in [-0.15, -0.1) is 0 Å². The van der Waals surface area contributed by atoms with Crippen LogP contribution in [0.4, 0.5) is 0 Å². The summed E-state index contributed by atoms with van der Waals surface area (Å²) in [4.78, 5) is 25.9. The number of nitrogens with one attached hydrogen (secondary N) is 1. The lowest BCUT2D eigenvalue weighted by molar-refractivity contribution is -0.305. The molecule has 0 aliphatic rings. The second-order valence-electron chi connectivity index (χ2n) is 4.70. The summed E-state index contributed by atoms with van der Waals surface area (Å²) in [7, 11) is 0. The van der Waals surface area contributed by atoms with Crippen LogP contribution in [-0.4, -0.2) is 28.6 Å². The van der Waals surface area contributed by atoms with Crippen molar-refractivity contribution in [1.82, 2.24) is 15.5 Å². The molecule has 0 unspecified atom stereocenters. The van der Waals surface area contributed by atoms with Crippen molar-refractivity contribution < 1.29 is 19.2 Å². The summed E-state index contributed by atoms with van der Waals surface area (Å²) >= 11 is 0. The van der Waals surface area contributed by atoms with E-state index in [0.29, 0.717) is 24.7 Å². The van der Waals surface area contributed by atoms with Gasteiger partial charge in [-0.05, 0) is 12.8 Å². The third-order valence-electron chi connectivity index (χ3n) is 2.95. The third kappa shape index (κ3) is 5.01. The average molecular weight is 302 g/mol. The summed E-state index contributed by atoms with van der Waals surface area (Å²) in [6, 6.07) is 9.44. The highest BCUT2D eigenvalue weighted by molar-refractivity contribution is 5.76. The molecule has 0 saturated carbocycles. The van der Waals surface area contributed by atoms with Gasteiger partial charge in [-0.3, -0.25) is 4.79 Å². The maximum absolute atomic E-state index is 11.5. The molecule has 2 rings (SSSR count). The fourth-order valence-corrected chi connectivity index (χ4v) is 1.85. The Morgan fingerprint density at radius 1 is 1.18 bits per heavy atom. The highest BCUT2D eigenvalue weighted by atomic mass is 16.5. The highest BCUT2D eigenvalue weighted by Crippen LogP contribution is 2.14. The van der Waals surface area contributed by atoms with Gasteiger partial charge in [0.25, 0.3) is 0 Å². The van der Waals surface area contributed by atoms with Crippen LogP contribution in [0.25, 0.3) is 11.4 Å². The Hall–Kier alpha value is -2.70. The van der Waals surface area contributed by atoms with Crippen molar-refractivity contribution in [3.63, 3.8) is 0 Å². The maximum Gasteiger partial charge on any atom is 0.228 e. The van der Waals surface area contributed by atoms with Crippen LogP contribution in [0.5, 0.6) is 0 Å². The van der Waals surface area contributed by atoms with Crippen LogP contribution >= 0.6 is 0 Å². The van der Waals surface area contributed by atoms with Gasteiger partial charge < -0.3 is 19.7 Å². The van der Waals surface area contributed by atoms with E-state index in [9.17, 15) is 14.7 Å². The number of rotatable bonds is 8. The lowest BCUT2D eigenvalue weighted by Gasteiger charge is -2.03. The quantitative estimate of drug-likeness (QED) is 0.752. The van der Waals surface area contributed by atoms with Gasteiger partial charge in [0.05, 0.1) is 0 Å². The molecule has 1 aromatic carbocycles. The molecule has 116 valence electrons. The monoisotopic (exact) mass is 302 g/mol. The molecule has 1 heterocycles. The SMILES string of the molecule is O=C([O-])CCCC(=O)NCCc1nc(-c2ccccc2)no1. The second kappa shape index (κ2) is 7.92. The molecule has 0 bridgehead atoms. The van der Waals surface area contributed by atoms with Gasteiger partial charge in [-0.2, -0.15) is 4.98 Å². The van der Waals surface area contributed by atoms with E-state index in [4.69, 9.17) is 4.52 Å². The van der Waals surface area contributed by atoms with Gasteiger partial charge in [0, 0.05) is 30.9 Å². The molecule has 0 aliphatic heterocycles. The number of hydrogen-bond acceptors (Lipinski definition) is 6. The molecule has 2 aromatic rings. The number of nitrogens with zero attached hydrogens (tertiary/aromatic N) is 2. The van der Waals surface area contributed by atoms with Gasteiger partial charge >= 0.3 is 0 Å². The standard InChI is InChI=1S/C15H17N3O4/c19-12(7-4-8-14(20)21)16-10-9-13-17-15(18-22-13)11-5-2-1-3-6-11/h1-3,5-6H,4,7-10H2,(H,16,19)(H,20,21)/p-1. The van der Waals surface area contributed by atoms with Crippen molar-refractivity contribution in [2.75, 3.05) is 6.54 Å². The second-order valence-corrected chi connectivity index (χ2v) is 4.70. The van der Waals surface area contributed by atoms with Crippen LogP contribution in [-0.2, 0) is 16.0 Å². The normalized spacial score (nSPS) is 10.4. The van der Waals surface area contributed by atoms with Gasteiger partial charge in [-0.1, -0.05) is 35.5 Å². The van der Waals surface area contributed by atoms with E-state index in [1.165, 1.54) is 0 Å². The largest absolute Gasteiger partial charge is 0.550 e. The third-order valence-corrected chi connectivity index (χ3v) is 2.95. The topological polar surface area (TPSA) is 108 Å². The first-order valence-electron chi connectivity index (χ1n) is 6.99. The average Bonchev–Trinajstić information content (AvgIpc) is 2.97. The number of benzene rings is 1. The van der Waals surface area contributed by atoms with Crippen molar-refractivity contribution >= 4 is 11.9 Å². The zero-order valence-electron chi connectivity index (χ0n) is 11.9. The van der Waals surface area contributed by atoms with Crippen molar-refractivity contribution in [1.29, 1.82) is 0 Å². The van der Waals surface area contributed by atoms with Crippen LogP contribution in [0.15, 0.2) is 34.9 Å². The van der Waals surface area contributed by atoms with Crippen LogP contribution in [0, 0.1) is 0 Å². The molecule has 0 fully saturated rings. The first kappa shape index (κ1) is 15.7. The number of carbonyl (C=O) groups is 2. The number of amides is 1. The Labute approximate surface area is 127 Å². The summed E-state index contributed by atoms with van der Waals surface area (Å²) in [6.07, 6.45) is 0.740. The predicted molar refractivity (Wildman–Crippen MR) is 75.3 cm³/mol. The first-order valence-corrected chi connectivity index (χ1v) is 6.99. The van der Waals surface area contributed by atoms with E-state index in [1.807, 2.05) is 30.3 Å². The van der Waals surface area contributed by atoms with Crippen LogP contribution < -0.4 is 10.4 Å². The number of carboxylic acid groups (broad SMARTS) is 1. The molecule has 0 aliphatic carbocycles. The lowest BCUT2D eigenvalue weighted by atomic mass is 10.2. The number of aliphatic carboxylic acids is 1. The van der Waals surface area contributed by atoms with E-state index < -0.39 is 5.97 Å². The van der Waals surface area contributed by atoms with Crippen molar-refractivity contribution in [2.24, 2.45) is 0 Å². The minimum atomic E-state index is -1.15. The lowest BCUT2D eigenvalue weighted by Crippen LogP contribution is -2.26. The minimum absolute atomic E-state index is 0.114. The molecule has 0 spiro atoms. The Kier molecular flexibility index (Phi) is 5.65. The highest BCUT2D eigenvalue weighted by Gasteiger charge is 2.08. The number of aromatic nitrogens is 2. The maximum atomic E-state index is 11.5. The van der Waals surface area contributed by atoms with Crippen molar-refractivity contribution in [2.45, 2.75) is 25.7 Å². The molecule has 1 aromatic heterocycles. The van der Waals surface area contributed by atoms with Gasteiger partial charge in [0.15, 0.2) is 0 Å². The summed E-state index contributed by atoms with van der Waals surface area (Å²) in [5, 5.41) is 16.8. The zero-order valence-corrected chi connectivity index (χ0v) is 11.9. The number of carboxylic acids is 1. The fraction of sp³-hybridized carbons (Fsp3) is 0.333. The molecular formula is C15H16N3O4-. The van der Waals surface area contributed by atoms with Crippen molar-refractivity contribution in [3.05, 3.63) is 36.2 Å². The van der Waals surface area contributed by atoms with Crippen LogP contribution in [0.3, 0.4) is 0 Å². The molecule has 7 nitrogen and oxygen atoms in total. The Bertz CT molecular complexity index is 625. The zero-order chi connectivity index (χ0) is 15.8. The number of hydrogen-bond donors (Lipinski definition) is 1. The molecule has 1 N–H and O–H groups in total. The van der Waals surface area contributed by atoms with E-state index in [1.54, 1.807) is 0 Å².